The molecule has 0 fully saturated rings. The van der Waals surface area contributed by atoms with Gasteiger partial charge in [-0.3, -0.25) is 14.4 Å². The molecule has 0 unspecified atom stereocenters. The second kappa shape index (κ2) is 9.82. The van der Waals surface area contributed by atoms with E-state index in [9.17, 15) is 14.4 Å². The quantitative estimate of drug-likeness (QED) is 0.536. The van der Waals surface area contributed by atoms with Gasteiger partial charge in [0.15, 0.2) is 5.78 Å². The van der Waals surface area contributed by atoms with Crippen molar-refractivity contribution in [3.8, 4) is 0 Å². The van der Waals surface area contributed by atoms with Crippen LogP contribution in [0.25, 0.3) is 0 Å². The van der Waals surface area contributed by atoms with E-state index in [-0.39, 0.29) is 29.7 Å². The summed E-state index contributed by atoms with van der Waals surface area (Å²) in [5.41, 5.74) is 7.07. The number of nitrogens with one attached hydrogen (secondary N) is 1. The molecule has 170 valence electrons. The minimum atomic E-state index is -0.379. The van der Waals surface area contributed by atoms with Gasteiger partial charge in [-0.05, 0) is 69.0 Å². The van der Waals surface area contributed by atoms with Crippen molar-refractivity contribution in [1.82, 2.24) is 4.90 Å². The van der Waals surface area contributed by atoms with Crippen LogP contribution in [0.15, 0.2) is 54.6 Å². The van der Waals surface area contributed by atoms with Crippen molar-refractivity contribution in [2.75, 3.05) is 18.9 Å². The molecule has 3 aromatic carbocycles. The van der Waals surface area contributed by atoms with E-state index in [1.165, 1.54) is 4.90 Å². The van der Waals surface area contributed by atoms with Crippen LogP contribution in [0.4, 0.5) is 5.69 Å². The molecule has 3 aromatic rings. The first-order valence-electron chi connectivity index (χ1n) is 10.9. The molecule has 3 rings (SSSR count). The average Bonchev–Trinajstić information content (AvgIpc) is 2.77. The lowest BCUT2D eigenvalue weighted by molar-refractivity contribution is -0.116. The maximum Gasteiger partial charge on any atom is 0.254 e. The van der Waals surface area contributed by atoms with Crippen LogP contribution in [0.1, 0.15) is 54.1 Å². The number of amides is 2. The summed E-state index contributed by atoms with van der Waals surface area (Å²) in [6.07, 6.45) is 0. The Labute approximate surface area is 195 Å². The number of nitrogens with zero attached hydrogens (tertiary/aromatic N) is 1. The van der Waals surface area contributed by atoms with Gasteiger partial charge in [-0.15, -0.1) is 0 Å². The van der Waals surface area contributed by atoms with Gasteiger partial charge in [-0.25, -0.2) is 0 Å². The largest absolute Gasteiger partial charge is 0.332 e. The zero-order valence-electron chi connectivity index (χ0n) is 20.1. The first-order chi connectivity index (χ1) is 15.6. The number of hydrogen-bond donors (Lipinski definition) is 1. The number of aryl methyl sites for hydroxylation is 5. The second-order valence-corrected chi connectivity index (χ2v) is 8.66. The lowest BCUT2D eigenvalue weighted by Crippen LogP contribution is -2.35. The highest BCUT2D eigenvalue weighted by atomic mass is 16.2. The molecule has 0 radical (unpaired) electrons. The predicted octanol–water partition coefficient (Wildman–Crippen LogP) is 5.17. The Bertz CT molecular complexity index is 1220. The van der Waals surface area contributed by atoms with Crippen LogP contribution in [-0.4, -0.2) is 36.1 Å². The molecular formula is C28H30N2O3. The van der Waals surface area contributed by atoms with Crippen molar-refractivity contribution in [3.63, 3.8) is 0 Å². The highest BCUT2D eigenvalue weighted by molar-refractivity contribution is 6.15. The number of carbonyl (C=O) groups excluding carboxylic acids is 3. The van der Waals surface area contributed by atoms with Gasteiger partial charge in [0.05, 0.1) is 12.1 Å². The van der Waals surface area contributed by atoms with Crippen molar-refractivity contribution in [3.05, 3.63) is 99.1 Å². The highest BCUT2D eigenvalue weighted by Gasteiger charge is 2.22. The topological polar surface area (TPSA) is 66.5 Å². The maximum absolute atomic E-state index is 13.2. The smallest absolute Gasteiger partial charge is 0.254 e. The Morgan fingerprint density at radius 2 is 1.36 bits per heavy atom. The SMILES string of the molecule is Cc1cc(C)c(NC(=O)CN(C)C(=O)c2ccccc2C(=O)c2ccc(C)c(C)c2)c(C)c1. The average molecular weight is 443 g/mol. The number of hydrogen-bond acceptors (Lipinski definition) is 3. The van der Waals surface area contributed by atoms with Crippen molar-refractivity contribution in [2.45, 2.75) is 34.6 Å². The molecule has 0 saturated heterocycles. The van der Waals surface area contributed by atoms with E-state index in [1.807, 2.05) is 58.9 Å². The molecule has 0 aliphatic carbocycles. The molecule has 0 atom stereocenters. The van der Waals surface area contributed by atoms with Gasteiger partial charge in [-0.2, -0.15) is 0 Å². The summed E-state index contributed by atoms with van der Waals surface area (Å²) in [6.45, 7) is 9.71. The Balaban J connectivity index is 1.79. The van der Waals surface area contributed by atoms with E-state index in [0.29, 0.717) is 11.1 Å². The lowest BCUT2D eigenvalue weighted by Gasteiger charge is -2.20. The van der Waals surface area contributed by atoms with Crippen LogP contribution < -0.4 is 5.32 Å². The number of rotatable bonds is 6. The van der Waals surface area contributed by atoms with Crippen molar-refractivity contribution >= 4 is 23.3 Å². The third kappa shape index (κ3) is 5.37. The van der Waals surface area contributed by atoms with Crippen LogP contribution in [-0.2, 0) is 4.79 Å². The Hall–Kier alpha value is -3.73. The van der Waals surface area contributed by atoms with Gasteiger partial charge in [0.25, 0.3) is 5.91 Å². The first kappa shape index (κ1) is 23.9. The van der Waals surface area contributed by atoms with E-state index < -0.39 is 0 Å². The van der Waals surface area contributed by atoms with Gasteiger partial charge in [-0.1, -0.05) is 48.0 Å². The zero-order valence-corrected chi connectivity index (χ0v) is 20.1. The van der Waals surface area contributed by atoms with Gasteiger partial charge < -0.3 is 10.2 Å². The second-order valence-electron chi connectivity index (χ2n) is 8.66. The highest BCUT2D eigenvalue weighted by Crippen LogP contribution is 2.22. The molecule has 0 aliphatic heterocycles. The van der Waals surface area contributed by atoms with Crippen LogP contribution in [0.5, 0.6) is 0 Å². The summed E-state index contributed by atoms with van der Waals surface area (Å²) in [7, 11) is 1.56. The molecule has 0 aromatic heterocycles. The lowest BCUT2D eigenvalue weighted by atomic mass is 9.95. The fourth-order valence-corrected chi connectivity index (χ4v) is 3.95. The fraction of sp³-hybridized carbons (Fsp3) is 0.250. The third-order valence-corrected chi connectivity index (χ3v) is 5.84. The van der Waals surface area contributed by atoms with E-state index in [2.05, 4.69) is 5.32 Å². The standard InChI is InChI=1S/C28H30N2O3/c1-17-13-20(4)26(21(5)14-17)29-25(31)16-30(6)28(33)24-10-8-7-9-23(24)27(32)22-12-11-18(2)19(3)15-22/h7-15H,16H2,1-6H3,(H,29,31). The molecule has 0 spiro atoms. The number of carbonyl (C=O) groups is 3. The van der Waals surface area contributed by atoms with Gasteiger partial charge in [0, 0.05) is 23.9 Å². The molecule has 1 N–H and O–H groups in total. The molecule has 0 heterocycles. The molecule has 2 amide bonds. The van der Waals surface area contributed by atoms with Crippen LogP contribution in [0, 0.1) is 34.6 Å². The van der Waals surface area contributed by atoms with Crippen LogP contribution in [0.2, 0.25) is 0 Å². The molecular weight excluding hydrogens is 412 g/mol. The van der Waals surface area contributed by atoms with Crippen LogP contribution in [0.3, 0.4) is 0 Å². The van der Waals surface area contributed by atoms with Crippen molar-refractivity contribution in [2.24, 2.45) is 0 Å². The number of ketones is 1. The number of benzene rings is 3. The molecule has 33 heavy (non-hydrogen) atoms. The third-order valence-electron chi connectivity index (χ3n) is 5.84. The fourth-order valence-electron chi connectivity index (χ4n) is 3.95. The number of anilines is 1. The Morgan fingerprint density at radius 3 is 1.97 bits per heavy atom. The van der Waals surface area contributed by atoms with Gasteiger partial charge in [0.1, 0.15) is 0 Å². The van der Waals surface area contributed by atoms with Gasteiger partial charge >= 0.3 is 0 Å². The minimum absolute atomic E-state index is 0.127. The Morgan fingerprint density at radius 1 is 0.758 bits per heavy atom. The molecule has 0 bridgehead atoms. The van der Waals surface area contributed by atoms with E-state index >= 15 is 0 Å². The van der Waals surface area contributed by atoms with E-state index in [0.717, 1.165) is 33.5 Å². The minimum Gasteiger partial charge on any atom is -0.332 e. The van der Waals surface area contributed by atoms with Gasteiger partial charge in [0.2, 0.25) is 5.91 Å². The maximum atomic E-state index is 13.2. The Kier molecular flexibility index (Phi) is 7.12. The molecule has 0 saturated carbocycles. The molecule has 0 aliphatic rings. The number of likely N-dealkylation sites (N-methyl/N-ethyl adjacent to an activating group) is 1. The summed E-state index contributed by atoms with van der Waals surface area (Å²) in [5.74, 6) is -0.889. The predicted molar refractivity (Wildman–Crippen MR) is 132 cm³/mol. The van der Waals surface area contributed by atoms with Crippen molar-refractivity contribution < 1.29 is 14.4 Å². The van der Waals surface area contributed by atoms with Crippen molar-refractivity contribution in [1.29, 1.82) is 0 Å². The van der Waals surface area contributed by atoms with E-state index in [4.69, 9.17) is 0 Å². The molecule has 5 heteroatoms. The summed E-state index contributed by atoms with van der Waals surface area (Å²) in [4.78, 5) is 40.4. The normalized spacial score (nSPS) is 10.6. The monoisotopic (exact) mass is 442 g/mol. The van der Waals surface area contributed by atoms with Crippen LogP contribution >= 0.6 is 0 Å². The summed E-state index contributed by atoms with van der Waals surface area (Å²) in [6, 6.07) is 16.3. The summed E-state index contributed by atoms with van der Waals surface area (Å²) >= 11 is 0. The summed E-state index contributed by atoms with van der Waals surface area (Å²) in [5, 5.41) is 2.92. The zero-order chi connectivity index (χ0) is 24.3. The molecule has 5 nitrogen and oxygen atoms in total. The summed E-state index contributed by atoms with van der Waals surface area (Å²) < 4.78 is 0. The first-order valence-corrected chi connectivity index (χ1v) is 10.9. The van der Waals surface area contributed by atoms with E-state index in [1.54, 1.807) is 37.4 Å².